The molecule has 0 saturated carbocycles. The number of primary sulfonamides is 1. The third-order valence-corrected chi connectivity index (χ3v) is 4.90. The normalized spacial score (nSPS) is 11.4. The Kier molecular flexibility index (Phi) is 6.22. The fourth-order valence-electron chi connectivity index (χ4n) is 2.66. The lowest BCUT2D eigenvalue weighted by atomic mass is 10.1. The number of nitrogens with two attached hydrogens (primary N) is 1. The van der Waals surface area contributed by atoms with Gasteiger partial charge in [0.05, 0.1) is 5.69 Å². The van der Waals surface area contributed by atoms with Crippen molar-refractivity contribution < 1.29 is 13.2 Å². The van der Waals surface area contributed by atoms with Crippen LogP contribution in [0.4, 0.5) is 5.69 Å². The lowest BCUT2D eigenvalue weighted by Crippen LogP contribution is -2.15. The molecule has 10 heteroatoms. The van der Waals surface area contributed by atoms with Crippen LogP contribution in [0.25, 0.3) is 0 Å². The number of aromatic amines is 1. The van der Waals surface area contributed by atoms with Gasteiger partial charge in [-0.15, -0.1) is 10.2 Å². The van der Waals surface area contributed by atoms with E-state index in [1.807, 2.05) is 12.1 Å². The molecule has 2 aromatic carbocycles. The molecule has 3 rings (SSSR count). The summed E-state index contributed by atoms with van der Waals surface area (Å²) in [5, 5.41) is 22.5. The van der Waals surface area contributed by atoms with E-state index in [2.05, 4.69) is 32.9 Å². The Bertz CT molecular complexity index is 1010. The van der Waals surface area contributed by atoms with Crippen LogP contribution in [0, 0.1) is 0 Å². The first-order chi connectivity index (χ1) is 13.5. The predicted molar refractivity (Wildman–Crippen MR) is 105 cm³/mol. The molecule has 1 aromatic heterocycles. The molecule has 9 nitrogen and oxygen atoms in total. The molecule has 148 valence electrons. The van der Waals surface area contributed by atoms with Crippen molar-refractivity contribution in [1.82, 2.24) is 20.6 Å². The Labute approximate surface area is 163 Å². The number of ether oxygens (including phenoxy) is 1. The minimum Gasteiger partial charge on any atom is -0.454 e. The third-order valence-electron chi connectivity index (χ3n) is 3.98. The van der Waals surface area contributed by atoms with Gasteiger partial charge in [0.2, 0.25) is 10.0 Å². The molecule has 0 aliphatic carbocycles. The number of nitrogens with zero attached hydrogens (tertiary/aromatic N) is 3. The van der Waals surface area contributed by atoms with Gasteiger partial charge in [0.1, 0.15) is 10.6 Å². The zero-order valence-electron chi connectivity index (χ0n) is 15.4. The van der Waals surface area contributed by atoms with E-state index in [0.29, 0.717) is 35.8 Å². The summed E-state index contributed by atoms with van der Waals surface area (Å²) in [5.41, 5.74) is 1.21. The molecule has 28 heavy (non-hydrogen) atoms. The van der Waals surface area contributed by atoms with Crippen LogP contribution in [0.15, 0.2) is 47.4 Å². The summed E-state index contributed by atoms with van der Waals surface area (Å²) >= 11 is 0. The highest BCUT2D eigenvalue weighted by molar-refractivity contribution is 7.89. The van der Waals surface area contributed by atoms with Crippen molar-refractivity contribution >= 4 is 15.7 Å². The van der Waals surface area contributed by atoms with Crippen molar-refractivity contribution in [2.24, 2.45) is 5.14 Å². The van der Waals surface area contributed by atoms with Crippen LogP contribution < -0.4 is 15.2 Å². The molecule has 0 saturated heterocycles. The lowest BCUT2D eigenvalue weighted by molar-refractivity contribution is 0.469. The molecule has 4 N–H and O–H groups in total. The molecule has 0 spiro atoms. The van der Waals surface area contributed by atoms with Crippen LogP contribution in [0.3, 0.4) is 0 Å². The second kappa shape index (κ2) is 8.81. The lowest BCUT2D eigenvalue weighted by Gasteiger charge is -2.17. The first-order valence-corrected chi connectivity index (χ1v) is 10.4. The number of tetrazole rings is 1. The van der Waals surface area contributed by atoms with Crippen molar-refractivity contribution in [3.63, 3.8) is 0 Å². The Hall–Kier alpha value is -2.98. The van der Waals surface area contributed by atoms with Gasteiger partial charge >= 0.3 is 0 Å². The number of anilines is 1. The number of nitrogens with one attached hydrogen (secondary N) is 2. The molecule has 0 aliphatic rings. The van der Waals surface area contributed by atoms with E-state index in [1.54, 1.807) is 24.3 Å². The maximum Gasteiger partial charge on any atom is 0.241 e. The number of H-pyrrole nitrogens is 1. The molecule has 0 atom stereocenters. The smallest absolute Gasteiger partial charge is 0.241 e. The average molecular weight is 402 g/mol. The summed E-state index contributed by atoms with van der Waals surface area (Å²) in [6, 6.07) is 12.3. The molecule has 0 bridgehead atoms. The summed E-state index contributed by atoms with van der Waals surface area (Å²) in [6.07, 6.45) is 2.21. The zero-order chi connectivity index (χ0) is 20.0. The average Bonchev–Trinajstić information content (AvgIpc) is 3.16. The van der Waals surface area contributed by atoms with Crippen LogP contribution in [-0.2, 0) is 16.4 Å². The van der Waals surface area contributed by atoms with E-state index < -0.39 is 10.0 Å². The fraction of sp³-hybridized carbons (Fsp3) is 0.278. The molecule has 0 fully saturated rings. The van der Waals surface area contributed by atoms with Crippen molar-refractivity contribution in [3.05, 3.63) is 53.9 Å². The van der Waals surface area contributed by atoms with Crippen molar-refractivity contribution in [1.29, 1.82) is 0 Å². The topological polar surface area (TPSA) is 136 Å². The molecule has 0 amide bonds. The highest BCUT2D eigenvalue weighted by atomic mass is 32.2. The highest BCUT2D eigenvalue weighted by Gasteiger charge is 2.22. The Morgan fingerprint density at radius 1 is 1.21 bits per heavy atom. The van der Waals surface area contributed by atoms with Crippen LogP contribution >= 0.6 is 0 Å². The summed E-state index contributed by atoms with van der Waals surface area (Å²) < 4.78 is 30.5. The van der Waals surface area contributed by atoms with Crippen LogP contribution in [-0.4, -0.2) is 35.6 Å². The maximum atomic E-state index is 12.3. The standard InChI is InChI=1S/C18H22N6O3S/c1-2-3-9-20-15-10-13(12-17-21-23-24-22-17)11-16(28(19,25)26)18(15)27-14-7-5-4-6-8-14/h4-8,10-11,20H,2-3,9,12H2,1H3,(H2,19,25,26)(H,21,22,23,24). The van der Waals surface area contributed by atoms with Gasteiger partial charge in [-0.3, -0.25) is 0 Å². The van der Waals surface area contributed by atoms with Gasteiger partial charge in [0.25, 0.3) is 0 Å². The van der Waals surface area contributed by atoms with Gasteiger partial charge in [0.15, 0.2) is 11.6 Å². The van der Waals surface area contributed by atoms with Gasteiger partial charge in [0, 0.05) is 13.0 Å². The maximum absolute atomic E-state index is 12.3. The van der Waals surface area contributed by atoms with Gasteiger partial charge in [-0.1, -0.05) is 36.8 Å². The fourth-order valence-corrected chi connectivity index (χ4v) is 3.38. The summed E-state index contributed by atoms with van der Waals surface area (Å²) in [4.78, 5) is -0.101. The molecule has 0 radical (unpaired) electrons. The first-order valence-electron chi connectivity index (χ1n) is 8.86. The number of unbranched alkanes of at least 4 members (excludes halogenated alkanes) is 1. The number of aromatic nitrogens is 4. The Balaban J connectivity index is 2.07. The highest BCUT2D eigenvalue weighted by Crippen LogP contribution is 2.37. The van der Waals surface area contributed by atoms with Crippen LogP contribution in [0.1, 0.15) is 31.2 Å². The second-order valence-corrected chi connectivity index (χ2v) is 7.75. The number of para-hydroxylation sites is 1. The van der Waals surface area contributed by atoms with E-state index in [1.165, 1.54) is 6.07 Å². The number of rotatable bonds is 9. The van der Waals surface area contributed by atoms with E-state index in [0.717, 1.165) is 12.8 Å². The second-order valence-electron chi connectivity index (χ2n) is 6.22. The van der Waals surface area contributed by atoms with E-state index in [4.69, 9.17) is 9.88 Å². The first kappa shape index (κ1) is 19.8. The molecular weight excluding hydrogens is 380 g/mol. The van der Waals surface area contributed by atoms with Gasteiger partial charge in [-0.2, -0.15) is 5.21 Å². The number of benzene rings is 2. The van der Waals surface area contributed by atoms with E-state index in [-0.39, 0.29) is 10.6 Å². The molecule has 3 aromatic rings. The quantitative estimate of drug-likeness (QED) is 0.468. The van der Waals surface area contributed by atoms with Crippen LogP contribution in [0.5, 0.6) is 11.5 Å². The minimum atomic E-state index is -4.04. The van der Waals surface area contributed by atoms with E-state index >= 15 is 0 Å². The van der Waals surface area contributed by atoms with E-state index in [9.17, 15) is 8.42 Å². The van der Waals surface area contributed by atoms with Crippen molar-refractivity contribution in [2.45, 2.75) is 31.1 Å². The van der Waals surface area contributed by atoms with Gasteiger partial charge in [-0.25, -0.2) is 13.6 Å². The van der Waals surface area contributed by atoms with Gasteiger partial charge in [-0.05, 0) is 36.2 Å². The van der Waals surface area contributed by atoms with Crippen LogP contribution in [0.2, 0.25) is 0 Å². The number of hydrogen-bond donors (Lipinski definition) is 3. The summed E-state index contributed by atoms with van der Waals surface area (Å²) in [7, 11) is -4.04. The molecule has 0 aliphatic heterocycles. The SMILES string of the molecule is CCCCNc1cc(Cc2nn[nH]n2)cc(S(N)(=O)=O)c1Oc1ccccc1. The largest absolute Gasteiger partial charge is 0.454 e. The molecule has 1 heterocycles. The Morgan fingerprint density at radius 2 is 2.00 bits per heavy atom. The predicted octanol–water partition coefficient (Wildman–Crippen LogP) is 2.44. The number of sulfonamides is 1. The Morgan fingerprint density at radius 3 is 2.64 bits per heavy atom. The van der Waals surface area contributed by atoms with Gasteiger partial charge < -0.3 is 10.1 Å². The third kappa shape index (κ3) is 5.05. The van der Waals surface area contributed by atoms with Crippen molar-refractivity contribution in [2.75, 3.05) is 11.9 Å². The van der Waals surface area contributed by atoms with Crippen molar-refractivity contribution in [3.8, 4) is 11.5 Å². The summed E-state index contributed by atoms with van der Waals surface area (Å²) in [5.74, 6) is 1.12. The number of hydrogen-bond acceptors (Lipinski definition) is 7. The molecule has 0 unspecified atom stereocenters. The zero-order valence-corrected chi connectivity index (χ0v) is 16.2. The molecular formula is C18H22N6O3S. The monoisotopic (exact) mass is 402 g/mol. The summed E-state index contributed by atoms with van der Waals surface area (Å²) in [6.45, 7) is 2.74. The minimum absolute atomic E-state index is 0.101.